The fourth-order valence-corrected chi connectivity index (χ4v) is 5.43. The van der Waals surface area contributed by atoms with Gasteiger partial charge in [0.15, 0.2) is 5.75 Å². The molecule has 2 aliphatic rings. The molecule has 0 unspecified atom stereocenters. The molecule has 3 aromatic carbocycles. The molecule has 0 saturated carbocycles. The molecule has 1 saturated heterocycles. The SMILES string of the molecule is Cc1c(CN2CCNCC2)cc(NC(=O)OCC2c3ccccc3-c3ccccc32)cc1OS(=O)(=O)F. The fraction of sp³-hybridized carbons (Fsp3) is 0.296. The number of carbonyl (C=O) groups excluding carboxylic acids is 1. The molecule has 1 amide bonds. The highest BCUT2D eigenvalue weighted by Crippen LogP contribution is 2.44. The number of piperazine rings is 1. The van der Waals surface area contributed by atoms with Crippen molar-refractivity contribution in [3.8, 4) is 16.9 Å². The molecule has 10 heteroatoms. The molecule has 2 N–H and O–H groups in total. The van der Waals surface area contributed by atoms with Crippen LogP contribution >= 0.6 is 0 Å². The van der Waals surface area contributed by atoms with Crippen LogP contribution in [0.25, 0.3) is 11.1 Å². The number of ether oxygens (including phenoxy) is 1. The molecular formula is C27H28FN3O5S. The normalized spacial score (nSPS) is 15.6. The average Bonchev–Trinajstić information content (AvgIpc) is 3.19. The second kappa shape index (κ2) is 10.5. The third-order valence-corrected chi connectivity index (χ3v) is 7.23. The lowest BCUT2D eigenvalue weighted by atomic mass is 9.98. The number of rotatable bonds is 7. The third kappa shape index (κ3) is 5.76. The van der Waals surface area contributed by atoms with E-state index in [1.54, 1.807) is 13.0 Å². The summed E-state index contributed by atoms with van der Waals surface area (Å²) in [5.74, 6) is -0.279. The van der Waals surface area contributed by atoms with Crippen LogP contribution in [0.2, 0.25) is 0 Å². The van der Waals surface area contributed by atoms with Crippen LogP contribution in [0.4, 0.5) is 14.4 Å². The van der Waals surface area contributed by atoms with Gasteiger partial charge in [-0.05, 0) is 46.4 Å². The Bertz CT molecular complexity index is 1380. The highest BCUT2D eigenvalue weighted by atomic mass is 32.3. The predicted molar refractivity (Wildman–Crippen MR) is 139 cm³/mol. The molecule has 0 atom stereocenters. The summed E-state index contributed by atoms with van der Waals surface area (Å²) in [4.78, 5) is 15.0. The summed E-state index contributed by atoms with van der Waals surface area (Å²) in [6.07, 6.45) is -0.701. The largest absolute Gasteiger partial charge is 0.488 e. The number of nitrogens with zero attached hydrogens (tertiary/aromatic N) is 1. The van der Waals surface area contributed by atoms with Crippen LogP contribution in [0, 0.1) is 6.92 Å². The minimum atomic E-state index is -5.24. The summed E-state index contributed by atoms with van der Waals surface area (Å²) in [5.41, 5.74) is 5.89. The van der Waals surface area contributed by atoms with Crippen molar-refractivity contribution in [3.05, 3.63) is 82.9 Å². The van der Waals surface area contributed by atoms with E-state index in [-0.39, 0.29) is 24.0 Å². The van der Waals surface area contributed by atoms with Gasteiger partial charge < -0.3 is 14.2 Å². The summed E-state index contributed by atoms with van der Waals surface area (Å²) < 4.78 is 46.0. The molecular weight excluding hydrogens is 497 g/mol. The van der Waals surface area contributed by atoms with Crippen LogP contribution in [0.5, 0.6) is 5.75 Å². The van der Waals surface area contributed by atoms with E-state index in [0.717, 1.165) is 54.0 Å². The molecule has 0 radical (unpaired) electrons. The van der Waals surface area contributed by atoms with Gasteiger partial charge in [0.1, 0.15) is 6.61 Å². The lowest BCUT2D eigenvalue weighted by Gasteiger charge is -2.28. The first-order chi connectivity index (χ1) is 17.8. The number of nitrogens with one attached hydrogen (secondary N) is 2. The third-order valence-electron chi connectivity index (χ3n) is 6.85. The maximum atomic E-state index is 13.4. The van der Waals surface area contributed by atoms with Crippen molar-refractivity contribution in [2.45, 2.75) is 19.4 Å². The molecule has 3 aromatic rings. The highest BCUT2D eigenvalue weighted by Gasteiger charge is 2.29. The van der Waals surface area contributed by atoms with Gasteiger partial charge in [-0.25, -0.2) is 4.79 Å². The number of anilines is 1. The Hall–Kier alpha value is -3.47. The molecule has 0 spiro atoms. The summed E-state index contributed by atoms with van der Waals surface area (Å²) in [5, 5.41) is 5.93. The van der Waals surface area contributed by atoms with Gasteiger partial charge in [0, 0.05) is 50.4 Å². The molecule has 1 fully saturated rings. The Morgan fingerprint density at radius 3 is 2.30 bits per heavy atom. The standard InChI is InChI=1S/C27H28FN3O5S/c1-18-19(16-31-12-10-29-11-13-31)14-20(15-26(18)36-37(28,33)34)30-27(32)35-17-25-23-8-4-2-6-21(23)22-7-3-5-9-24(22)25/h2-9,14-15,25,29H,10-13,16-17H2,1H3,(H,30,32). The van der Waals surface area contributed by atoms with Crippen molar-refractivity contribution in [2.75, 3.05) is 38.1 Å². The summed E-state index contributed by atoms with van der Waals surface area (Å²) >= 11 is 0. The summed E-state index contributed by atoms with van der Waals surface area (Å²) in [7, 11) is -5.24. The zero-order chi connectivity index (χ0) is 26.0. The van der Waals surface area contributed by atoms with E-state index in [4.69, 9.17) is 4.74 Å². The number of benzene rings is 3. The number of hydrogen-bond acceptors (Lipinski definition) is 7. The van der Waals surface area contributed by atoms with Crippen LogP contribution < -0.4 is 14.8 Å². The molecule has 8 nitrogen and oxygen atoms in total. The number of carbonyl (C=O) groups is 1. The first-order valence-corrected chi connectivity index (χ1v) is 13.4. The van der Waals surface area contributed by atoms with Gasteiger partial charge in [0.25, 0.3) is 0 Å². The van der Waals surface area contributed by atoms with Crippen molar-refractivity contribution in [1.82, 2.24) is 10.2 Å². The van der Waals surface area contributed by atoms with Gasteiger partial charge >= 0.3 is 16.6 Å². The molecule has 5 rings (SSSR count). The van der Waals surface area contributed by atoms with Gasteiger partial charge in [0.05, 0.1) is 0 Å². The van der Waals surface area contributed by atoms with Gasteiger partial charge in [0.2, 0.25) is 0 Å². The summed E-state index contributed by atoms with van der Waals surface area (Å²) in [6.45, 7) is 5.56. The molecule has 0 aromatic heterocycles. The lowest BCUT2D eigenvalue weighted by Crippen LogP contribution is -2.43. The van der Waals surface area contributed by atoms with Gasteiger partial charge in [-0.2, -0.15) is 8.42 Å². The Labute approximate surface area is 215 Å². The number of halogens is 1. The van der Waals surface area contributed by atoms with E-state index in [1.165, 1.54) is 6.07 Å². The minimum absolute atomic E-state index is 0.102. The molecule has 37 heavy (non-hydrogen) atoms. The van der Waals surface area contributed by atoms with E-state index < -0.39 is 16.6 Å². The first kappa shape index (κ1) is 25.2. The van der Waals surface area contributed by atoms with Crippen molar-refractivity contribution in [2.24, 2.45) is 0 Å². The van der Waals surface area contributed by atoms with Crippen molar-refractivity contribution < 1.29 is 26.0 Å². The van der Waals surface area contributed by atoms with Crippen LogP contribution in [0.1, 0.15) is 28.2 Å². The molecule has 1 heterocycles. The monoisotopic (exact) mass is 525 g/mol. The minimum Gasteiger partial charge on any atom is -0.448 e. The van der Waals surface area contributed by atoms with Crippen molar-refractivity contribution in [3.63, 3.8) is 0 Å². The predicted octanol–water partition coefficient (Wildman–Crippen LogP) is 4.35. The molecule has 0 bridgehead atoms. The quantitative estimate of drug-likeness (QED) is 0.443. The lowest BCUT2D eigenvalue weighted by molar-refractivity contribution is 0.158. The smallest absolute Gasteiger partial charge is 0.448 e. The van der Waals surface area contributed by atoms with E-state index in [2.05, 4.69) is 31.8 Å². The Morgan fingerprint density at radius 1 is 1.05 bits per heavy atom. The maximum Gasteiger partial charge on any atom is 0.488 e. The topological polar surface area (TPSA) is 97.0 Å². The zero-order valence-corrected chi connectivity index (χ0v) is 21.2. The van der Waals surface area contributed by atoms with Crippen LogP contribution in [-0.2, 0) is 21.8 Å². The second-order valence-electron chi connectivity index (χ2n) is 9.21. The molecule has 1 aliphatic carbocycles. The first-order valence-electron chi connectivity index (χ1n) is 12.1. The Balaban J connectivity index is 1.33. The number of hydrogen-bond donors (Lipinski definition) is 2. The van der Waals surface area contributed by atoms with Gasteiger partial charge in [-0.1, -0.05) is 52.4 Å². The average molecular weight is 526 g/mol. The fourth-order valence-electron chi connectivity index (χ4n) is 5.04. The Kier molecular flexibility index (Phi) is 7.14. The van der Waals surface area contributed by atoms with Crippen LogP contribution in [0.15, 0.2) is 60.7 Å². The molecule has 194 valence electrons. The summed E-state index contributed by atoms with van der Waals surface area (Å²) in [6, 6.07) is 19.1. The highest BCUT2D eigenvalue weighted by molar-refractivity contribution is 7.81. The van der Waals surface area contributed by atoms with Gasteiger partial charge in [-0.3, -0.25) is 10.2 Å². The zero-order valence-electron chi connectivity index (χ0n) is 20.4. The molecule has 1 aliphatic heterocycles. The van der Waals surface area contributed by atoms with E-state index >= 15 is 0 Å². The Morgan fingerprint density at radius 2 is 1.68 bits per heavy atom. The second-order valence-corrected chi connectivity index (χ2v) is 10.2. The number of amides is 1. The van der Waals surface area contributed by atoms with Crippen LogP contribution in [0.3, 0.4) is 0 Å². The van der Waals surface area contributed by atoms with Gasteiger partial charge in [-0.15, -0.1) is 0 Å². The van der Waals surface area contributed by atoms with Crippen LogP contribution in [-0.4, -0.2) is 52.2 Å². The maximum absolute atomic E-state index is 13.4. The van der Waals surface area contributed by atoms with Crippen molar-refractivity contribution >= 4 is 22.3 Å². The van der Waals surface area contributed by atoms with E-state index in [1.807, 2.05) is 36.4 Å². The number of fused-ring (bicyclic) bond motifs is 3. The van der Waals surface area contributed by atoms with E-state index in [0.29, 0.717) is 12.1 Å². The van der Waals surface area contributed by atoms with Crippen molar-refractivity contribution in [1.29, 1.82) is 0 Å². The van der Waals surface area contributed by atoms with E-state index in [9.17, 15) is 17.1 Å².